The Kier molecular flexibility index (Phi) is 5.71. The molecule has 0 bridgehead atoms. The van der Waals surface area contributed by atoms with Crippen LogP contribution in [0.1, 0.15) is 4.88 Å². The van der Waals surface area contributed by atoms with Crippen molar-refractivity contribution in [1.82, 2.24) is 4.57 Å². The average molecular weight is 389 g/mol. The molecule has 7 nitrogen and oxygen atoms in total. The molecular formula is C17H15N3O4S2. The summed E-state index contributed by atoms with van der Waals surface area (Å²) in [6, 6.07) is 10.8. The lowest BCUT2D eigenvalue weighted by Crippen LogP contribution is -2.18. The molecular weight excluding hydrogens is 374 g/mol. The molecule has 0 N–H and O–H groups in total. The van der Waals surface area contributed by atoms with E-state index in [2.05, 4.69) is 4.99 Å². The van der Waals surface area contributed by atoms with Crippen LogP contribution in [0.3, 0.4) is 0 Å². The summed E-state index contributed by atoms with van der Waals surface area (Å²) in [6.45, 7) is 1.10. The van der Waals surface area contributed by atoms with E-state index in [-0.39, 0.29) is 5.00 Å². The molecule has 1 aromatic carbocycles. The van der Waals surface area contributed by atoms with Crippen LogP contribution >= 0.6 is 22.7 Å². The summed E-state index contributed by atoms with van der Waals surface area (Å²) in [5.41, 5.74) is 0.999. The molecule has 0 aliphatic heterocycles. The van der Waals surface area contributed by atoms with Gasteiger partial charge in [-0.25, -0.2) is 0 Å². The lowest BCUT2D eigenvalue weighted by molar-refractivity contribution is -0.380. The van der Waals surface area contributed by atoms with Gasteiger partial charge in [-0.05, 0) is 24.3 Å². The number of hydrogen-bond acceptors (Lipinski definition) is 6. The number of methoxy groups -OCH3 is 1. The Balaban J connectivity index is 1.89. The normalized spacial score (nSPS) is 12.3. The van der Waals surface area contributed by atoms with Crippen molar-refractivity contribution in [2.24, 2.45) is 4.99 Å². The summed E-state index contributed by atoms with van der Waals surface area (Å²) in [6.07, 6.45) is 2.86. The van der Waals surface area contributed by atoms with E-state index < -0.39 is 10.8 Å². The molecule has 3 rings (SSSR count). The Morgan fingerprint density at radius 2 is 2.12 bits per heavy atom. The molecule has 1 amide bonds. The molecule has 0 saturated heterocycles. The van der Waals surface area contributed by atoms with Gasteiger partial charge in [-0.1, -0.05) is 34.8 Å². The highest BCUT2D eigenvalue weighted by atomic mass is 32.1. The maximum Gasteiger partial charge on any atom is 0.324 e. The number of amides is 1. The minimum Gasteiger partial charge on any atom is -0.383 e. The molecule has 0 fully saturated rings. The molecule has 26 heavy (non-hydrogen) atoms. The number of rotatable bonds is 6. The number of nitro groups is 1. The smallest absolute Gasteiger partial charge is 0.324 e. The predicted octanol–water partition coefficient (Wildman–Crippen LogP) is 3.46. The zero-order chi connectivity index (χ0) is 18.5. The fourth-order valence-electron chi connectivity index (χ4n) is 2.32. The lowest BCUT2D eigenvalue weighted by atomic mass is 10.3. The van der Waals surface area contributed by atoms with Crippen LogP contribution in [-0.2, 0) is 16.1 Å². The van der Waals surface area contributed by atoms with Gasteiger partial charge in [-0.15, -0.1) is 0 Å². The van der Waals surface area contributed by atoms with E-state index in [4.69, 9.17) is 4.74 Å². The molecule has 0 unspecified atom stereocenters. The van der Waals surface area contributed by atoms with E-state index in [9.17, 15) is 14.9 Å². The Hall–Kier alpha value is -2.62. The molecule has 134 valence electrons. The summed E-state index contributed by atoms with van der Waals surface area (Å²) in [7, 11) is 1.63. The molecule has 0 radical (unpaired) electrons. The predicted molar refractivity (Wildman–Crippen MR) is 102 cm³/mol. The van der Waals surface area contributed by atoms with Crippen molar-refractivity contribution in [3.8, 4) is 0 Å². The number of benzene rings is 1. The van der Waals surface area contributed by atoms with Gasteiger partial charge < -0.3 is 9.30 Å². The second-order valence-electron chi connectivity index (χ2n) is 5.21. The van der Waals surface area contributed by atoms with Crippen molar-refractivity contribution in [2.75, 3.05) is 13.7 Å². The van der Waals surface area contributed by atoms with Gasteiger partial charge >= 0.3 is 5.00 Å². The standard InChI is InChI=1S/C17H15N3O4S2/c1-24-11-10-19-13-4-2-3-5-14(13)26-17(19)18-15(21)8-6-12-7-9-16(25-12)20(22)23/h2-9H,10-11H2,1H3. The first kappa shape index (κ1) is 18.2. The molecule has 0 saturated carbocycles. The fourth-order valence-corrected chi connectivity index (χ4v) is 4.11. The van der Waals surface area contributed by atoms with Crippen LogP contribution in [0, 0.1) is 10.1 Å². The van der Waals surface area contributed by atoms with Gasteiger partial charge in [0.25, 0.3) is 5.91 Å². The molecule has 0 aliphatic carbocycles. The summed E-state index contributed by atoms with van der Waals surface area (Å²) >= 11 is 2.44. The van der Waals surface area contributed by atoms with Gasteiger partial charge in [0.2, 0.25) is 0 Å². The maximum absolute atomic E-state index is 12.2. The zero-order valence-corrected chi connectivity index (χ0v) is 15.5. The third-order valence-electron chi connectivity index (χ3n) is 3.50. The Morgan fingerprint density at radius 1 is 1.31 bits per heavy atom. The Morgan fingerprint density at radius 3 is 2.85 bits per heavy atom. The number of nitrogens with zero attached hydrogens (tertiary/aromatic N) is 3. The minimum absolute atomic E-state index is 0.0379. The number of thiazole rings is 1. The lowest BCUT2D eigenvalue weighted by Gasteiger charge is -2.03. The van der Waals surface area contributed by atoms with E-state index in [1.54, 1.807) is 13.2 Å². The number of hydrogen-bond donors (Lipinski definition) is 0. The van der Waals surface area contributed by atoms with E-state index in [1.165, 1.54) is 29.6 Å². The monoisotopic (exact) mass is 389 g/mol. The Labute approximate surface area is 156 Å². The number of aromatic nitrogens is 1. The van der Waals surface area contributed by atoms with Crippen LogP contribution < -0.4 is 4.80 Å². The number of fused-ring (bicyclic) bond motifs is 1. The highest BCUT2D eigenvalue weighted by Crippen LogP contribution is 2.24. The molecule has 0 atom stereocenters. The van der Waals surface area contributed by atoms with Crippen LogP contribution in [-0.4, -0.2) is 29.1 Å². The van der Waals surface area contributed by atoms with E-state index in [0.717, 1.165) is 21.6 Å². The topological polar surface area (TPSA) is 86.7 Å². The zero-order valence-electron chi connectivity index (χ0n) is 13.8. The van der Waals surface area contributed by atoms with E-state index in [0.29, 0.717) is 22.8 Å². The van der Waals surface area contributed by atoms with Crippen LogP contribution in [0.2, 0.25) is 0 Å². The highest BCUT2D eigenvalue weighted by Gasteiger charge is 2.09. The van der Waals surface area contributed by atoms with Gasteiger partial charge in [-0.2, -0.15) is 4.99 Å². The number of carbonyl (C=O) groups is 1. The van der Waals surface area contributed by atoms with Crippen LogP contribution in [0.15, 0.2) is 47.5 Å². The second-order valence-corrected chi connectivity index (χ2v) is 7.32. The number of carbonyl (C=O) groups excluding carboxylic acids is 1. The first-order chi connectivity index (χ1) is 12.6. The number of para-hydroxylation sites is 1. The average Bonchev–Trinajstić information content (AvgIpc) is 3.23. The molecule has 2 heterocycles. The van der Waals surface area contributed by atoms with Crippen molar-refractivity contribution in [3.05, 3.63) is 62.3 Å². The molecule has 2 aromatic heterocycles. The van der Waals surface area contributed by atoms with Crippen LogP contribution in [0.25, 0.3) is 16.3 Å². The maximum atomic E-state index is 12.2. The van der Waals surface area contributed by atoms with Crippen LogP contribution in [0.5, 0.6) is 0 Å². The first-order valence-corrected chi connectivity index (χ1v) is 9.30. The van der Waals surface area contributed by atoms with Crippen molar-refractivity contribution >= 4 is 49.9 Å². The first-order valence-electron chi connectivity index (χ1n) is 7.67. The molecule has 9 heteroatoms. The van der Waals surface area contributed by atoms with Gasteiger partial charge in [0.1, 0.15) is 0 Å². The van der Waals surface area contributed by atoms with Gasteiger partial charge in [0.15, 0.2) is 4.80 Å². The third-order valence-corrected chi connectivity index (χ3v) is 5.56. The van der Waals surface area contributed by atoms with Gasteiger partial charge in [0, 0.05) is 30.7 Å². The number of thiophene rings is 1. The highest BCUT2D eigenvalue weighted by molar-refractivity contribution is 7.16. The molecule has 3 aromatic rings. The van der Waals surface area contributed by atoms with Crippen molar-refractivity contribution in [1.29, 1.82) is 0 Å². The third kappa shape index (κ3) is 4.13. The quantitative estimate of drug-likeness (QED) is 0.367. The summed E-state index contributed by atoms with van der Waals surface area (Å²) in [4.78, 5) is 27.9. The van der Waals surface area contributed by atoms with Crippen molar-refractivity contribution in [2.45, 2.75) is 6.54 Å². The van der Waals surface area contributed by atoms with Crippen molar-refractivity contribution < 1.29 is 14.5 Å². The second kappa shape index (κ2) is 8.17. The molecule has 0 spiro atoms. The summed E-state index contributed by atoms with van der Waals surface area (Å²) in [5.74, 6) is -0.418. The summed E-state index contributed by atoms with van der Waals surface area (Å²) < 4.78 is 8.13. The Bertz CT molecular complexity index is 1050. The summed E-state index contributed by atoms with van der Waals surface area (Å²) in [5, 5.41) is 10.7. The van der Waals surface area contributed by atoms with Gasteiger partial charge in [-0.3, -0.25) is 14.9 Å². The minimum atomic E-state index is -0.454. The van der Waals surface area contributed by atoms with E-state index >= 15 is 0 Å². The van der Waals surface area contributed by atoms with Crippen LogP contribution in [0.4, 0.5) is 5.00 Å². The SMILES string of the molecule is COCCn1c(=NC(=O)C=Cc2ccc([N+](=O)[O-])s2)sc2ccccc21. The number of ether oxygens (including phenoxy) is 1. The van der Waals surface area contributed by atoms with Gasteiger partial charge in [0.05, 0.1) is 21.7 Å². The van der Waals surface area contributed by atoms with Crippen molar-refractivity contribution in [3.63, 3.8) is 0 Å². The molecule has 0 aliphatic rings. The fraction of sp³-hybridized carbons (Fsp3) is 0.176. The largest absolute Gasteiger partial charge is 0.383 e. The van der Waals surface area contributed by atoms with E-state index in [1.807, 2.05) is 28.8 Å².